The molecule has 3 aliphatic rings. The Morgan fingerprint density at radius 3 is 2.61 bits per heavy atom. The molecule has 2 heterocycles. The minimum atomic E-state index is -0.415. The van der Waals surface area contributed by atoms with Gasteiger partial charge in [-0.2, -0.15) is 0 Å². The molecule has 0 radical (unpaired) electrons. The highest BCUT2D eigenvalue weighted by atomic mass is 32.2. The third-order valence-electron chi connectivity index (χ3n) is 5.42. The van der Waals surface area contributed by atoms with Gasteiger partial charge in [0, 0.05) is 18.8 Å². The Morgan fingerprint density at radius 1 is 1.19 bits per heavy atom. The molecule has 1 saturated carbocycles. The van der Waals surface area contributed by atoms with Gasteiger partial charge < -0.3 is 19.7 Å². The average molecular weight is 442 g/mol. The van der Waals surface area contributed by atoms with E-state index in [-0.39, 0.29) is 18.9 Å². The molecule has 0 saturated heterocycles. The van der Waals surface area contributed by atoms with Crippen LogP contribution in [0.4, 0.5) is 0 Å². The van der Waals surface area contributed by atoms with Crippen LogP contribution < -0.4 is 5.32 Å². The number of rotatable bonds is 8. The van der Waals surface area contributed by atoms with Gasteiger partial charge in [0.2, 0.25) is 5.91 Å². The number of amidine groups is 1. The molecule has 1 amide bonds. The number of nitrogens with one attached hydrogen (secondary N) is 1. The van der Waals surface area contributed by atoms with Crippen LogP contribution in [0.1, 0.15) is 43.4 Å². The van der Waals surface area contributed by atoms with Crippen molar-refractivity contribution in [2.45, 2.75) is 45.2 Å². The Bertz CT molecular complexity index is 964. The number of thioether (sulfide) groups is 1. The lowest BCUT2D eigenvalue weighted by atomic mass is 9.93. The summed E-state index contributed by atoms with van der Waals surface area (Å²) in [4.78, 5) is 32.3. The number of hydrogen-bond acceptors (Lipinski definition) is 7. The highest BCUT2D eigenvalue weighted by molar-refractivity contribution is 8.16. The summed E-state index contributed by atoms with van der Waals surface area (Å²) in [6.45, 7) is 4.35. The van der Waals surface area contributed by atoms with Crippen molar-refractivity contribution in [2.24, 2.45) is 4.99 Å². The van der Waals surface area contributed by atoms with E-state index in [1.54, 1.807) is 7.11 Å². The number of hydrogen-bond donors (Lipinski definition) is 1. The van der Waals surface area contributed by atoms with Crippen LogP contribution in [0.5, 0.6) is 0 Å². The Labute approximate surface area is 186 Å². The van der Waals surface area contributed by atoms with Gasteiger partial charge in [0.25, 0.3) is 0 Å². The fourth-order valence-corrected chi connectivity index (χ4v) is 4.63. The molecule has 1 unspecified atom stereocenters. The summed E-state index contributed by atoms with van der Waals surface area (Å²) in [5.74, 6) is -0.421. The number of amides is 1. The van der Waals surface area contributed by atoms with Gasteiger partial charge in [-0.3, -0.25) is 4.79 Å². The first-order chi connectivity index (χ1) is 15.0. The number of fused-ring (bicyclic) bond motifs is 1. The molecule has 1 atom stereocenters. The first kappa shape index (κ1) is 21.6. The van der Waals surface area contributed by atoms with Crippen LogP contribution in [0.3, 0.4) is 0 Å². The number of aryl methyl sites for hydroxylation is 1. The van der Waals surface area contributed by atoms with E-state index in [1.807, 2.05) is 48.4 Å². The molecule has 164 valence electrons. The van der Waals surface area contributed by atoms with Crippen LogP contribution in [0.2, 0.25) is 0 Å². The smallest absolute Gasteiger partial charge is 0.338 e. The number of aliphatic imine (C=N–C) groups is 1. The van der Waals surface area contributed by atoms with Crippen molar-refractivity contribution < 1.29 is 19.1 Å². The highest BCUT2D eigenvalue weighted by Crippen LogP contribution is 2.44. The lowest BCUT2D eigenvalue weighted by Crippen LogP contribution is -2.38. The quantitative estimate of drug-likeness (QED) is 0.492. The number of methoxy groups -OCH3 is 1. The van der Waals surface area contributed by atoms with Gasteiger partial charge in [-0.05, 0) is 37.7 Å². The molecule has 1 aliphatic carbocycles. The van der Waals surface area contributed by atoms with Crippen molar-refractivity contribution in [3.63, 3.8) is 0 Å². The molecule has 1 aromatic rings. The second kappa shape index (κ2) is 9.28. The van der Waals surface area contributed by atoms with Crippen LogP contribution >= 0.6 is 11.8 Å². The van der Waals surface area contributed by atoms with Gasteiger partial charge in [-0.1, -0.05) is 41.6 Å². The van der Waals surface area contributed by atoms with Gasteiger partial charge in [0.1, 0.15) is 6.61 Å². The zero-order valence-electron chi connectivity index (χ0n) is 18.0. The molecule has 4 rings (SSSR count). The lowest BCUT2D eigenvalue weighted by Gasteiger charge is -2.36. The number of benzene rings is 1. The third kappa shape index (κ3) is 4.85. The third-order valence-corrected chi connectivity index (χ3v) is 6.31. The summed E-state index contributed by atoms with van der Waals surface area (Å²) >= 11 is 1.48. The normalized spacial score (nSPS) is 20.2. The summed E-state index contributed by atoms with van der Waals surface area (Å²) < 4.78 is 10.5. The molecule has 1 aromatic carbocycles. The predicted molar refractivity (Wildman–Crippen MR) is 120 cm³/mol. The molecule has 0 bridgehead atoms. The SMILES string of the molecule is COCCOC(=O)C1=C(C)N=C2SC=C(CC(=O)NC3CC3)N2C1c1ccc(C)cc1. The van der Waals surface area contributed by atoms with Gasteiger partial charge in [0.15, 0.2) is 5.17 Å². The predicted octanol–water partition coefficient (Wildman–Crippen LogP) is 3.43. The van der Waals surface area contributed by atoms with Gasteiger partial charge in [-0.25, -0.2) is 9.79 Å². The Morgan fingerprint density at radius 2 is 1.94 bits per heavy atom. The first-order valence-electron chi connectivity index (χ1n) is 10.4. The van der Waals surface area contributed by atoms with Crippen LogP contribution in [0.15, 0.2) is 51.6 Å². The highest BCUT2D eigenvalue weighted by Gasteiger charge is 2.41. The fourth-order valence-electron chi connectivity index (χ4n) is 3.66. The van der Waals surface area contributed by atoms with Crippen molar-refractivity contribution >= 4 is 28.8 Å². The number of allylic oxidation sites excluding steroid dienone is 1. The minimum Gasteiger partial charge on any atom is -0.460 e. The maximum Gasteiger partial charge on any atom is 0.338 e. The van der Waals surface area contributed by atoms with Crippen LogP contribution in [-0.4, -0.2) is 48.3 Å². The molecular weight excluding hydrogens is 414 g/mol. The zero-order chi connectivity index (χ0) is 22.0. The molecular formula is C23H27N3O4S. The summed E-state index contributed by atoms with van der Waals surface area (Å²) in [7, 11) is 1.57. The topological polar surface area (TPSA) is 80.2 Å². The van der Waals surface area contributed by atoms with Crippen LogP contribution in [-0.2, 0) is 19.1 Å². The van der Waals surface area contributed by atoms with Crippen molar-refractivity contribution in [3.8, 4) is 0 Å². The summed E-state index contributed by atoms with van der Waals surface area (Å²) in [6.07, 6.45) is 2.33. The Balaban J connectivity index is 1.66. The number of carbonyl (C=O) groups is 2. The molecule has 8 heteroatoms. The largest absolute Gasteiger partial charge is 0.460 e. The van der Waals surface area contributed by atoms with E-state index >= 15 is 0 Å². The number of esters is 1. The van der Waals surface area contributed by atoms with E-state index in [0.29, 0.717) is 23.9 Å². The standard InChI is InChI=1S/C23H27N3O4S/c1-14-4-6-16(7-5-14)21-20(22(28)30-11-10-29-3)15(2)24-23-26(21)18(13-31-23)12-19(27)25-17-8-9-17/h4-7,13,17,21H,8-12H2,1-3H3,(H,25,27). The van der Waals surface area contributed by atoms with E-state index < -0.39 is 12.0 Å². The van der Waals surface area contributed by atoms with E-state index in [4.69, 9.17) is 9.47 Å². The Hall–Kier alpha value is -2.58. The molecule has 1 N–H and O–H groups in total. The minimum absolute atomic E-state index is 0.00578. The second-order valence-corrected chi connectivity index (χ2v) is 8.79. The van der Waals surface area contributed by atoms with Gasteiger partial charge >= 0.3 is 5.97 Å². The fraction of sp³-hybridized carbons (Fsp3) is 0.435. The monoisotopic (exact) mass is 441 g/mol. The first-order valence-corrected chi connectivity index (χ1v) is 11.3. The second-order valence-electron chi connectivity index (χ2n) is 7.95. The number of carbonyl (C=O) groups excluding carboxylic acids is 2. The Kier molecular flexibility index (Phi) is 6.48. The van der Waals surface area contributed by atoms with E-state index in [9.17, 15) is 9.59 Å². The average Bonchev–Trinajstić information content (AvgIpc) is 3.47. The molecule has 1 fully saturated rings. The van der Waals surface area contributed by atoms with E-state index in [1.165, 1.54) is 11.8 Å². The van der Waals surface area contributed by atoms with Crippen LogP contribution in [0.25, 0.3) is 0 Å². The molecule has 7 nitrogen and oxygen atoms in total. The van der Waals surface area contributed by atoms with E-state index in [0.717, 1.165) is 34.8 Å². The van der Waals surface area contributed by atoms with E-state index in [2.05, 4.69) is 10.3 Å². The van der Waals surface area contributed by atoms with Crippen molar-refractivity contribution in [1.29, 1.82) is 0 Å². The van der Waals surface area contributed by atoms with Crippen molar-refractivity contribution in [1.82, 2.24) is 10.2 Å². The maximum absolute atomic E-state index is 13.1. The summed E-state index contributed by atoms with van der Waals surface area (Å²) in [5.41, 5.74) is 4.03. The molecule has 2 aliphatic heterocycles. The lowest BCUT2D eigenvalue weighted by molar-refractivity contribution is -0.141. The van der Waals surface area contributed by atoms with Crippen molar-refractivity contribution in [2.75, 3.05) is 20.3 Å². The molecule has 31 heavy (non-hydrogen) atoms. The number of nitrogens with zero attached hydrogens (tertiary/aromatic N) is 2. The van der Waals surface area contributed by atoms with Crippen LogP contribution in [0, 0.1) is 6.92 Å². The zero-order valence-corrected chi connectivity index (χ0v) is 18.8. The summed E-state index contributed by atoms with van der Waals surface area (Å²) in [6, 6.07) is 7.98. The van der Waals surface area contributed by atoms with Gasteiger partial charge in [0.05, 0.1) is 30.3 Å². The maximum atomic E-state index is 13.1. The molecule has 0 aromatic heterocycles. The van der Waals surface area contributed by atoms with Gasteiger partial charge in [-0.15, -0.1) is 0 Å². The van der Waals surface area contributed by atoms with Crippen molar-refractivity contribution in [3.05, 3.63) is 57.8 Å². The summed E-state index contributed by atoms with van der Waals surface area (Å²) in [5, 5.41) is 5.77. The number of ether oxygens (including phenoxy) is 2. The molecule has 0 spiro atoms.